The van der Waals surface area contributed by atoms with E-state index in [0.29, 0.717) is 29.2 Å². The van der Waals surface area contributed by atoms with Gasteiger partial charge in [-0.05, 0) is 55.0 Å². The fourth-order valence-electron chi connectivity index (χ4n) is 1.97. The minimum Gasteiger partial charge on any atom is -0.494 e. The average molecular weight is 317 g/mol. The number of nitriles is 2. The van der Waals surface area contributed by atoms with E-state index in [-0.39, 0.29) is 5.57 Å². The molecule has 0 heterocycles. The van der Waals surface area contributed by atoms with Crippen LogP contribution in [0.1, 0.15) is 18.1 Å². The number of carbonyl (C=O) groups is 1. The molecule has 0 fully saturated rings. The third kappa shape index (κ3) is 4.46. The molecule has 5 heteroatoms. The minimum absolute atomic E-state index is 0.0198. The van der Waals surface area contributed by atoms with Crippen LogP contribution in [0.2, 0.25) is 0 Å². The smallest absolute Gasteiger partial charge is 0.266 e. The molecule has 0 saturated carbocycles. The van der Waals surface area contributed by atoms with E-state index in [2.05, 4.69) is 5.32 Å². The monoisotopic (exact) mass is 317 g/mol. The van der Waals surface area contributed by atoms with Crippen molar-refractivity contribution in [1.82, 2.24) is 0 Å². The zero-order chi connectivity index (χ0) is 17.4. The summed E-state index contributed by atoms with van der Waals surface area (Å²) in [5, 5.41) is 20.6. The van der Waals surface area contributed by atoms with Gasteiger partial charge in [-0.2, -0.15) is 10.5 Å². The second-order valence-electron chi connectivity index (χ2n) is 4.82. The molecule has 0 atom stereocenters. The molecule has 0 bridgehead atoms. The molecule has 24 heavy (non-hydrogen) atoms. The molecular weight excluding hydrogens is 302 g/mol. The van der Waals surface area contributed by atoms with Gasteiger partial charge in [0.2, 0.25) is 0 Å². The first kappa shape index (κ1) is 16.8. The van der Waals surface area contributed by atoms with Crippen molar-refractivity contribution in [3.8, 4) is 17.9 Å². The van der Waals surface area contributed by atoms with Gasteiger partial charge in [-0.3, -0.25) is 4.79 Å². The number of nitrogens with zero attached hydrogens (tertiary/aromatic N) is 2. The largest absolute Gasteiger partial charge is 0.494 e. The third-order valence-electron chi connectivity index (χ3n) is 3.14. The summed E-state index contributed by atoms with van der Waals surface area (Å²) in [6.45, 7) is 2.46. The molecule has 5 nitrogen and oxygen atoms in total. The van der Waals surface area contributed by atoms with Crippen molar-refractivity contribution >= 4 is 17.7 Å². The fourth-order valence-corrected chi connectivity index (χ4v) is 1.97. The number of rotatable bonds is 5. The van der Waals surface area contributed by atoms with Crippen LogP contribution in [-0.4, -0.2) is 12.5 Å². The molecule has 1 N–H and O–H groups in total. The van der Waals surface area contributed by atoms with Crippen LogP contribution in [0.3, 0.4) is 0 Å². The van der Waals surface area contributed by atoms with Crippen molar-refractivity contribution < 1.29 is 9.53 Å². The second-order valence-corrected chi connectivity index (χ2v) is 4.82. The summed E-state index contributed by atoms with van der Waals surface area (Å²) in [4.78, 5) is 12.2. The van der Waals surface area contributed by atoms with Gasteiger partial charge in [0.05, 0.1) is 18.2 Å². The van der Waals surface area contributed by atoms with E-state index in [9.17, 15) is 10.1 Å². The quantitative estimate of drug-likeness (QED) is 0.675. The molecule has 2 aromatic carbocycles. The van der Waals surface area contributed by atoms with E-state index >= 15 is 0 Å². The Bertz CT molecular complexity index is 823. The van der Waals surface area contributed by atoms with Gasteiger partial charge in [-0.1, -0.05) is 12.1 Å². The highest BCUT2D eigenvalue weighted by atomic mass is 16.5. The molecule has 0 aliphatic rings. The molecule has 0 aliphatic carbocycles. The Morgan fingerprint density at radius 3 is 2.33 bits per heavy atom. The Balaban J connectivity index is 2.12. The van der Waals surface area contributed by atoms with Crippen molar-refractivity contribution in [2.45, 2.75) is 6.92 Å². The van der Waals surface area contributed by atoms with Crippen LogP contribution in [0.15, 0.2) is 54.1 Å². The van der Waals surface area contributed by atoms with E-state index in [0.717, 1.165) is 0 Å². The van der Waals surface area contributed by atoms with E-state index in [1.54, 1.807) is 48.5 Å². The fraction of sp³-hybridized carbons (Fsp3) is 0.105. The van der Waals surface area contributed by atoms with E-state index in [1.807, 2.05) is 19.1 Å². The highest BCUT2D eigenvalue weighted by molar-refractivity contribution is 6.09. The normalized spacial score (nSPS) is 10.4. The molecule has 0 aromatic heterocycles. The molecule has 118 valence electrons. The SMILES string of the molecule is CCOc1ccc(NC(=O)/C(C#N)=C/c2ccc(C#N)cc2)cc1. The van der Waals surface area contributed by atoms with Crippen LogP contribution in [-0.2, 0) is 4.79 Å². The van der Waals surface area contributed by atoms with Gasteiger partial charge < -0.3 is 10.1 Å². The lowest BCUT2D eigenvalue weighted by atomic mass is 10.1. The Morgan fingerprint density at radius 2 is 1.79 bits per heavy atom. The molecule has 0 unspecified atom stereocenters. The molecule has 0 radical (unpaired) electrons. The molecule has 0 spiro atoms. The van der Waals surface area contributed by atoms with Gasteiger partial charge in [0.1, 0.15) is 17.4 Å². The van der Waals surface area contributed by atoms with Crippen molar-refractivity contribution in [2.24, 2.45) is 0 Å². The van der Waals surface area contributed by atoms with E-state index in [1.165, 1.54) is 6.08 Å². The maximum Gasteiger partial charge on any atom is 0.266 e. The van der Waals surface area contributed by atoms with Gasteiger partial charge in [0.15, 0.2) is 0 Å². The molecule has 2 rings (SSSR count). The highest BCUT2D eigenvalue weighted by Crippen LogP contribution is 2.17. The molecule has 0 aliphatic heterocycles. The van der Waals surface area contributed by atoms with Crippen LogP contribution in [0.25, 0.3) is 6.08 Å². The Kier molecular flexibility index (Phi) is 5.71. The number of benzene rings is 2. The number of hydrogen-bond donors (Lipinski definition) is 1. The predicted octanol–water partition coefficient (Wildman–Crippen LogP) is 3.50. The molecular formula is C19H15N3O2. The van der Waals surface area contributed by atoms with Gasteiger partial charge >= 0.3 is 0 Å². The van der Waals surface area contributed by atoms with Crippen molar-refractivity contribution in [3.63, 3.8) is 0 Å². The van der Waals surface area contributed by atoms with Gasteiger partial charge in [0.25, 0.3) is 5.91 Å². The summed E-state index contributed by atoms with van der Waals surface area (Å²) in [6.07, 6.45) is 1.48. The summed E-state index contributed by atoms with van der Waals surface area (Å²) in [6, 6.07) is 17.4. The number of carbonyl (C=O) groups excluding carboxylic acids is 1. The van der Waals surface area contributed by atoms with E-state index in [4.69, 9.17) is 10.00 Å². The van der Waals surface area contributed by atoms with Gasteiger partial charge in [-0.25, -0.2) is 0 Å². The second kappa shape index (κ2) is 8.17. The van der Waals surface area contributed by atoms with E-state index < -0.39 is 5.91 Å². The minimum atomic E-state index is -0.494. The van der Waals surface area contributed by atoms with Crippen molar-refractivity contribution in [3.05, 3.63) is 65.2 Å². The summed E-state index contributed by atoms with van der Waals surface area (Å²) in [5.41, 5.74) is 1.75. The molecule has 0 saturated heterocycles. The van der Waals surface area contributed by atoms with Gasteiger partial charge in [-0.15, -0.1) is 0 Å². The summed E-state index contributed by atoms with van der Waals surface area (Å²) in [7, 11) is 0. The average Bonchev–Trinajstić information content (AvgIpc) is 2.62. The lowest BCUT2D eigenvalue weighted by molar-refractivity contribution is -0.112. The van der Waals surface area contributed by atoms with Crippen molar-refractivity contribution in [1.29, 1.82) is 10.5 Å². The summed E-state index contributed by atoms with van der Waals surface area (Å²) in [5.74, 6) is 0.218. The van der Waals surface area contributed by atoms with Crippen LogP contribution < -0.4 is 10.1 Å². The Morgan fingerprint density at radius 1 is 1.12 bits per heavy atom. The topological polar surface area (TPSA) is 85.9 Å². The molecule has 2 aromatic rings. The van der Waals surface area contributed by atoms with Crippen LogP contribution in [0, 0.1) is 22.7 Å². The first-order valence-corrected chi connectivity index (χ1v) is 7.32. The lowest BCUT2D eigenvalue weighted by Gasteiger charge is -2.06. The number of nitrogens with one attached hydrogen (secondary N) is 1. The third-order valence-corrected chi connectivity index (χ3v) is 3.14. The van der Waals surface area contributed by atoms with Crippen molar-refractivity contribution in [2.75, 3.05) is 11.9 Å². The Labute approximate surface area is 140 Å². The van der Waals surface area contributed by atoms with Gasteiger partial charge in [0, 0.05) is 5.69 Å². The summed E-state index contributed by atoms with van der Waals surface area (Å²) >= 11 is 0. The number of hydrogen-bond acceptors (Lipinski definition) is 4. The first-order chi connectivity index (χ1) is 11.7. The highest BCUT2D eigenvalue weighted by Gasteiger charge is 2.09. The predicted molar refractivity (Wildman–Crippen MR) is 91.0 cm³/mol. The first-order valence-electron chi connectivity index (χ1n) is 7.32. The van der Waals surface area contributed by atoms with Crippen LogP contribution in [0.4, 0.5) is 5.69 Å². The van der Waals surface area contributed by atoms with Crippen LogP contribution in [0.5, 0.6) is 5.75 Å². The Hall–Kier alpha value is -3.57. The lowest BCUT2D eigenvalue weighted by Crippen LogP contribution is -2.13. The summed E-state index contributed by atoms with van der Waals surface area (Å²) < 4.78 is 5.33. The standard InChI is InChI=1S/C19H15N3O2/c1-2-24-18-9-7-17(8-10-18)22-19(23)16(13-21)11-14-3-5-15(12-20)6-4-14/h3-11H,2H2,1H3,(H,22,23)/b16-11+. The van der Waals surface area contributed by atoms with Crippen LogP contribution >= 0.6 is 0 Å². The number of anilines is 1. The number of ether oxygens (including phenoxy) is 1. The number of amides is 1. The zero-order valence-corrected chi connectivity index (χ0v) is 13.1. The molecule has 1 amide bonds. The maximum atomic E-state index is 12.2. The maximum absolute atomic E-state index is 12.2. The zero-order valence-electron chi connectivity index (χ0n) is 13.1.